The molecule has 0 unspecified atom stereocenters. The first-order valence-corrected chi connectivity index (χ1v) is 7.52. The minimum Gasteiger partial charge on any atom is -0.493 e. The molecule has 4 nitrogen and oxygen atoms in total. The molecule has 0 aliphatic rings. The summed E-state index contributed by atoms with van der Waals surface area (Å²) < 4.78 is 5.82. The van der Waals surface area contributed by atoms with Crippen molar-refractivity contribution in [3.63, 3.8) is 0 Å². The van der Waals surface area contributed by atoms with Gasteiger partial charge in [0.25, 0.3) is 0 Å². The number of para-hydroxylation sites is 1. The summed E-state index contributed by atoms with van der Waals surface area (Å²) in [7, 11) is 1.81. The molecular formula is C17H28N2O2. The summed E-state index contributed by atoms with van der Waals surface area (Å²) in [5, 5.41) is 0. The predicted molar refractivity (Wildman–Crippen MR) is 86.6 cm³/mol. The molecular weight excluding hydrogens is 264 g/mol. The molecule has 0 fully saturated rings. The number of ether oxygens (including phenoxy) is 1. The van der Waals surface area contributed by atoms with Gasteiger partial charge in [0.1, 0.15) is 5.75 Å². The van der Waals surface area contributed by atoms with E-state index in [1.807, 2.05) is 18.2 Å². The molecule has 4 heteroatoms. The van der Waals surface area contributed by atoms with Gasteiger partial charge < -0.3 is 15.4 Å². The molecule has 0 bridgehead atoms. The largest absolute Gasteiger partial charge is 0.493 e. The van der Waals surface area contributed by atoms with Crippen molar-refractivity contribution >= 4 is 5.91 Å². The first kappa shape index (κ1) is 17.5. The van der Waals surface area contributed by atoms with Gasteiger partial charge in [0.15, 0.2) is 0 Å². The SMILES string of the molecule is CN(CCCN)C(=O)CCOc1ccccc1C(C)(C)C. The van der Waals surface area contributed by atoms with E-state index in [-0.39, 0.29) is 11.3 Å². The number of carbonyl (C=O) groups excluding carboxylic acids is 1. The lowest BCUT2D eigenvalue weighted by Gasteiger charge is -2.23. The summed E-state index contributed by atoms with van der Waals surface area (Å²) in [6, 6.07) is 8.01. The molecule has 0 aliphatic heterocycles. The van der Waals surface area contributed by atoms with Gasteiger partial charge in [0.05, 0.1) is 13.0 Å². The van der Waals surface area contributed by atoms with Crippen molar-refractivity contribution in [2.24, 2.45) is 5.73 Å². The van der Waals surface area contributed by atoms with Crippen molar-refractivity contribution in [1.82, 2.24) is 4.90 Å². The van der Waals surface area contributed by atoms with Gasteiger partial charge in [-0.2, -0.15) is 0 Å². The van der Waals surface area contributed by atoms with Gasteiger partial charge in [0.2, 0.25) is 5.91 Å². The minimum absolute atomic E-state index is 0.0263. The summed E-state index contributed by atoms with van der Waals surface area (Å²) in [5.74, 6) is 0.958. The summed E-state index contributed by atoms with van der Waals surface area (Å²) >= 11 is 0. The zero-order valence-electron chi connectivity index (χ0n) is 13.7. The van der Waals surface area contributed by atoms with Gasteiger partial charge in [-0.05, 0) is 30.0 Å². The van der Waals surface area contributed by atoms with Crippen LogP contribution in [0.25, 0.3) is 0 Å². The van der Waals surface area contributed by atoms with E-state index in [0.29, 0.717) is 26.1 Å². The Balaban J connectivity index is 2.52. The van der Waals surface area contributed by atoms with Crippen LogP contribution in [0, 0.1) is 0 Å². The average Bonchev–Trinajstić information content (AvgIpc) is 2.44. The second-order valence-electron chi connectivity index (χ2n) is 6.30. The third-order valence-corrected chi connectivity index (χ3v) is 3.39. The van der Waals surface area contributed by atoms with Gasteiger partial charge in [0, 0.05) is 13.6 Å². The molecule has 1 aromatic carbocycles. The van der Waals surface area contributed by atoms with Gasteiger partial charge in [-0.3, -0.25) is 4.79 Å². The van der Waals surface area contributed by atoms with Crippen molar-refractivity contribution in [1.29, 1.82) is 0 Å². The summed E-state index contributed by atoms with van der Waals surface area (Å²) in [4.78, 5) is 13.6. The van der Waals surface area contributed by atoms with Gasteiger partial charge in [-0.1, -0.05) is 39.0 Å². The lowest BCUT2D eigenvalue weighted by atomic mass is 9.86. The van der Waals surface area contributed by atoms with Crippen molar-refractivity contribution < 1.29 is 9.53 Å². The van der Waals surface area contributed by atoms with Crippen LogP contribution in [0.2, 0.25) is 0 Å². The molecule has 1 aromatic rings. The van der Waals surface area contributed by atoms with Crippen LogP contribution >= 0.6 is 0 Å². The molecule has 1 amide bonds. The third-order valence-electron chi connectivity index (χ3n) is 3.39. The standard InChI is InChI=1S/C17H28N2O2/c1-17(2,3)14-8-5-6-9-15(14)21-13-10-16(20)19(4)12-7-11-18/h5-6,8-9H,7,10-13,18H2,1-4H3. The quantitative estimate of drug-likeness (QED) is 0.840. The number of benzene rings is 1. The van der Waals surface area contributed by atoms with Gasteiger partial charge in [-0.15, -0.1) is 0 Å². The Hall–Kier alpha value is -1.55. The van der Waals surface area contributed by atoms with E-state index in [0.717, 1.165) is 17.7 Å². The lowest BCUT2D eigenvalue weighted by molar-refractivity contribution is -0.130. The second kappa shape index (κ2) is 8.03. The Morgan fingerprint density at radius 1 is 1.29 bits per heavy atom. The van der Waals surface area contributed by atoms with Crippen LogP contribution in [-0.4, -0.2) is 37.6 Å². The molecule has 0 atom stereocenters. The Morgan fingerprint density at radius 2 is 1.95 bits per heavy atom. The molecule has 1 rings (SSSR count). The molecule has 2 N–H and O–H groups in total. The topological polar surface area (TPSA) is 55.6 Å². The molecule has 118 valence electrons. The molecule has 0 spiro atoms. The zero-order valence-corrected chi connectivity index (χ0v) is 13.7. The van der Waals surface area contributed by atoms with E-state index in [4.69, 9.17) is 10.5 Å². The number of amides is 1. The lowest BCUT2D eigenvalue weighted by Crippen LogP contribution is -2.30. The van der Waals surface area contributed by atoms with E-state index in [9.17, 15) is 4.79 Å². The Labute approximate surface area is 128 Å². The summed E-state index contributed by atoms with van der Waals surface area (Å²) in [5.41, 5.74) is 6.64. The molecule has 0 saturated carbocycles. The Kier molecular flexibility index (Phi) is 6.69. The highest BCUT2D eigenvalue weighted by Gasteiger charge is 2.18. The predicted octanol–water partition coefficient (Wildman–Crippen LogP) is 2.56. The first-order valence-electron chi connectivity index (χ1n) is 7.52. The monoisotopic (exact) mass is 292 g/mol. The van der Waals surface area contributed by atoms with Crippen LogP contribution in [0.4, 0.5) is 0 Å². The van der Waals surface area contributed by atoms with Gasteiger partial charge >= 0.3 is 0 Å². The second-order valence-corrected chi connectivity index (χ2v) is 6.30. The van der Waals surface area contributed by atoms with Crippen molar-refractivity contribution in [2.75, 3.05) is 26.7 Å². The number of hydrogen-bond acceptors (Lipinski definition) is 3. The van der Waals surface area contributed by atoms with E-state index in [1.54, 1.807) is 11.9 Å². The molecule has 0 aromatic heterocycles. The maximum atomic E-state index is 11.9. The van der Waals surface area contributed by atoms with Gasteiger partial charge in [-0.25, -0.2) is 0 Å². The fourth-order valence-corrected chi connectivity index (χ4v) is 2.10. The summed E-state index contributed by atoms with van der Waals surface area (Å²) in [6.07, 6.45) is 1.22. The number of carbonyl (C=O) groups is 1. The normalized spacial score (nSPS) is 11.3. The fourth-order valence-electron chi connectivity index (χ4n) is 2.10. The highest BCUT2D eigenvalue weighted by atomic mass is 16.5. The molecule has 0 aliphatic carbocycles. The van der Waals surface area contributed by atoms with Crippen LogP contribution in [-0.2, 0) is 10.2 Å². The van der Waals surface area contributed by atoms with Crippen LogP contribution in [0.15, 0.2) is 24.3 Å². The van der Waals surface area contributed by atoms with Crippen LogP contribution in [0.5, 0.6) is 5.75 Å². The molecule has 0 radical (unpaired) electrons. The maximum Gasteiger partial charge on any atom is 0.225 e. The van der Waals surface area contributed by atoms with Crippen LogP contribution in [0.1, 0.15) is 39.2 Å². The summed E-state index contributed by atoms with van der Waals surface area (Å²) in [6.45, 7) is 8.17. The first-order chi connectivity index (χ1) is 9.86. The highest BCUT2D eigenvalue weighted by Crippen LogP contribution is 2.30. The van der Waals surface area contributed by atoms with Crippen molar-refractivity contribution in [3.05, 3.63) is 29.8 Å². The van der Waals surface area contributed by atoms with Crippen LogP contribution < -0.4 is 10.5 Å². The van der Waals surface area contributed by atoms with E-state index < -0.39 is 0 Å². The van der Waals surface area contributed by atoms with Crippen molar-refractivity contribution in [2.45, 2.75) is 39.0 Å². The Morgan fingerprint density at radius 3 is 2.57 bits per heavy atom. The molecule has 21 heavy (non-hydrogen) atoms. The molecule has 0 saturated heterocycles. The minimum atomic E-state index is 0.0263. The smallest absolute Gasteiger partial charge is 0.225 e. The zero-order chi connectivity index (χ0) is 15.9. The third kappa shape index (κ3) is 5.76. The maximum absolute atomic E-state index is 11.9. The number of nitrogens with two attached hydrogens (primary N) is 1. The number of nitrogens with zero attached hydrogens (tertiary/aromatic N) is 1. The Bertz CT molecular complexity index is 452. The van der Waals surface area contributed by atoms with E-state index in [2.05, 4.69) is 26.8 Å². The van der Waals surface area contributed by atoms with E-state index >= 15 is 0 Å². The number of rotatable bonds is 7. The highest BCUT2D eigenvalue weighted by molar-refractivity contribution is 5.75. The van der Waals surface area contributed by atoms with Crippen LogP contribution in [0.3, 0.4) is 0 Å². The van der Waals surface area contributed by atoms with E-state index in [1.165, 1.54) is 0 Å². The van der Waals surface area contributed by atoms with Crippen molar-refractivity contribution in [3.8, 4) is 5.75 Å². The molecule has 0 heterocycles. The average molecular weight is 292 g/mol. The number of hydrogen-bond donors (Lipinski definition) is 1. The fraction of sp³-hybridized carbons (Fsp3) is 0.588.